The van der Waals surface area contributed by atoms with Crippen LogP contribution in [0.25, 0.3) is 11.0 Å². The average Bonchev–Trinajstić information content (AvgIpc) is 3.57. The van der Waals surface area contributed by atoms with Crippen molar-refractivity contribution in [3.05, 3.63) is 88.7 Å². The monoisotopic (exact) mass is 489 g/mol. The van der Waals surface area contributed by atoms with Gasteiger partial charge in [0.1, 0.15) is 11.5 Å². The highest BCUT2D eigenvalue weighted by atomic mass is 32.2. The molecule has 2 aromatic heterocycles. The number of rotatable bonds is 6. The number of pyridine rings is 1. The van der Waals surface area contributed by atoms with Crippen LogP contribution in [0.4, 0.5) is 27.6 Å². The maximum atomic E-state index is 15.2. The van der Waals surface area contributed by atoms with Crippen molar-refractivity contribution >= 4 is 34.5 Å². The van der Waals surface area contributed by atoms with Gasteiger partial charge in [0.25, 0.3) is 0 Å². The first kappa shape index (κ1) is 22.4. The van der Waals surface area contributed by atoms with E-state index >= 15 is 4.39 Å². The molecule has 0 aliphatic heterocycles. The molecule has 1 saturated carbocycles. The summed E-state index contributed by atoms with van der Waals surface area (Å²) in [4.78, 5) is 20.7. The molecule has 0 radical (unpaired) electrons. The van der Waals surface area contributed by atoms with Crippen LogP contribution in [0.2, 0.25) is 0 Å². The Labute approximate surface area is 194 Å². The standard InChI is InChI=1S/C24H16F5N3OS/c25-18-7-8-19(32-34-15-5-3-14(4-6-15)24(27,28)29)21(26)20(18)22(33)17-11-31-23-16(17)9-13(10-30-23)12-1-2-12/h3-12,32H,1-2H2,(H,30,31). The zero-order valence-electron chi connectivity index (χ0n) is 17.3. The third-order valence-corrected chi connectivity index (χ3v) is 6.45. The van der Waals surface area contributed by atoms with Crippen LogP contribution in [0, 0.1) is 11.6 Å². The van der Waals surface area contributed by atoms with Gasteiger partial charge in [0, 0.05) is 28.2 Å². The number of carbonyl (C=O) groups is 1. The van der Waals surface area contributed by atoms with Gasteiger partial charge in [-0.05, 0) is 78.7 Å². The van der Waals surface area contributed by atoms with E-state index in [4.69, 9.17) is 0 Å². The van der Waals surface area contributed by atoms with Gasteiger partial charge < -0.3 is 9.71 Å². The summed E-state index contributed by atoms with van der Waals surface area (Å²) in [5, 5.41) is 0.491. The lowest BCUT2D eigenvalue weighted by Crippen LogP contribution is -2.09. The van der Waals surface area contributed by atoms with Crippen molar-refractivity contribution in [2.45, 2.75) is 29.8 Å². The van der Waals surface area contributed by atoms with Crippen LogP contribution in [-0.2, 0) is 6.18 Å². The van der Waals surface area contributed by atoms with Gasteiger partial charge in [0.15, 0.2) is 5.82 Å². The summed E-state index contributed by atoms with van der Waals surface area (Å²) in [5.41, 5.74) is -0.181. The number of halogens is 5. The molecule has 2 aromatic carbocycles. The highest BCUT2D eigenvalue weighted by Crippen LogP contribution is 2.41. The number of nitrogens with zero attached hydrogens (tertiary/aromatic N) is 1. The number of fused-ring (bicyclic) bond motifs is 1. The average molecular weight is 489 g/mol. The van der Waals surface area contributed by atoms with E-state index in [1.807, 2.05) is 6.07 Å². The van der Waals surface area contributed by atoms with Gasteiger partial charge >= 0.3 is 6.18 Å². The number of alkyl halides is 3. The number of nitrogens with one attached hydrogen (secondary N) is 2. The normalized spacial score (nSPS) is 13.9. The van der Waals surface area contributed by atoms with Crippen LogP contribution in [0.1, 0.15) is 45.8 Å². The Hall–Kier alpha value is -3.40. The second-order valence-corrected chi connectivity index (χ2v) is 8.86. The van der Waals surface area contributed by atoms with Gasteiger partial charge in [-0.25, -0.2) is 13.8 Å². The highest BCUT2D eigenvalue weighted by molar-refractivity contribution is 8.00. The minimum Gasteiger partial charge on any atom is -0.345 e. The van der Waals surface area contributed by atoms with E-state index < -0.39 is 34.7 Å². The van der Waals surface area contributed by atoms with E-state index in [9.17, 15) is 22.4 Å². The first-order chi connectivity index (χ1) is 16.2. The summed E-state index contributed by atoms with van der Waals surface area (Å²) in [6.45, 7) is 0. The smallest absolute Gasteiger partial charge is 0.345 e. The summed E-state index contributed by atoms with van der Waals surface area (Å²) < 4.78 is 70.6. The molecule has 174 valence electrons. The molecule has 1 aliphatic carbocycles. The van der Waals surface area contributed by atoms with Crippen molar-refractivity contribution in [1.82, 2.24) is 9.97 Å². The predicted molar refractivity (Wildman–Crippen MR) is 119 cm³/mol. The van der Waals surface area contributed by atoms with Crippen molar-refractivity contribution in [2.24, 2.45) is 0 Å². The molecule has 0 unspecified atom stereocenters. The molecule has 0 spiro atoms. The van der Waals surface area contributed by atoms with Crippen molar-refractivity contribution in [2.75, 3.05) is 4.72 Å². The number of hydrogen-bond donors (Lipinski definition) is 2. The molecule has 10 heteroatoms. The minimum absolute atomic E-state index is 0.107. The van der Waals surface area contributed by atoms with E-state index in [0.717, 1.165) is 54.6 Å². The number of hydrogen-bond acceptors (Lipinski definition) is 4. The van der Waals surface area contributed by atoms with Crippen LogP contribution < -0.4 is 4.72 Å². The van der Waals surface area contributed by atoms with Crippen LogP contribution in [0.3, 0.4) is 0 Å². The van der Waals surface area contributed by atoms with E-state index in [1.54, 1.807) is 6.20 Å². The number of aromatic nitrogens is 2. The number of ketones is 1. The Morgan fingerprint density at radius 2 is 1.82 bits per heavy atom. The van der Waals surface area contributed by atoms with Gasteiger partial charge in [0.05, 0.1) is 16.8 Å². The van der Waals surface area contributed by atoms with Gasteiger partial charge in [-0.1, -0.05) is 0 Å². The molecule has 1 fully saturated rings. The second kappa shape index (κ2) is 8.43. The first-order valence-electron chi connectivity index (χ1n) is 10.3. The van der Waals surface area contributed by atoms with Gasteiger partial charge in [-0.3, -0.25) is 4.79 Å². The van der Waals surface area contributed by atoms with Crippen LogP contribution in [0.15, 0.2) is 59.8 Å². The number of aromatic amines is 1. The Bertz CT molecular complexity index is 1390. The molecule has 5 rings (SSSR count). The fourth-order valence-corrected chi connectivity index (χ4v) is 4.30. The van der Waals surface area contributed by atoms with E-state index in [0.29, 0.717) is 21.8 Å². The molecular formula is C24H16F5N3OS. The fourth-order valence-electron chi connectivity index (χ4n) is 3.65. The van der Waals surface area contributed by atoms with Crippen molar-refractivity contribution < 1.29 is 26.7 Å². The SMILES string of the molecule is O=C(c1c(F)ccc(NSc2ccc(C(F)(F)F)cc2)c1F)c1c[nH]c2ncc(C3CC3)cc12. The summed E-state index contributed by atoms with van der Waals surface area (Å²) in [7, 11) is 0. The number of carbonyl (C=O) groups excluding carboxylic acids is 1. The molecule has 4 aromatic rings. The Morgan fingerprint density at radius 3 is 2.50 bits per heavy atom. The molecule has 2 N–H and O–H groups in total. The number of H-pyrrole nitrogens is 1. The molecular weight excluding hydrogens is 473 g/mol. The molecule has 1 aliphatic rings. The number of anilines is 1. The molecule has 2 heterocycles. The van der Waals surface area contributed by atoms with E-state index in [2.05, 4.69) is 14.7 Å². The third-order valence-electron chi connectivity index (χ3n) is 5.62. The fraction of sp³-hybridized carbons (Fsp3) is 0.167. The van der Waals surface area contributed by atoms with Crippen LogP contribution in [0.5, 0.6) is 0 Å². The summed E-state index contributed by atoms with van der Waals surface area (Å²) in [5.74, 6) is -2.56. The minimum atomic E-state index is -4.47. The zero-order valence-corrected chi connectivity index (χ0v) is 18.2. The lowest BCUT2D eigenvalue weighted by Gasteiger charge is -2.11. The highest BCUT2D eigenvalue weighted by Gasteiger charge is 2.30. The van der Waals surface area contributed by atoms with Crippen molar-refractivity contribution in [3.8, 4) is 0 Å². The molecule has 0 amide bonds. The quantitative estimate of drug-likeness (QED) is 0.173. The van der Waals surface area contributed by atoms with Gasteiger partial charge in [-0.2, -0.15) is 13.2 Å². The van der Waals surface area contributed by atoms with E-state index in [-0.39, 0.29) is 11.3 Å². The molecule has 0 atom stereocenters. The van der Waals surface area contributed by atoms with Crippen molar-refractivity contribution in [1.29, 1.82) is 0 Å². The van der Waals surface area contributed by atoms with Crippen molar-refractivity contribution in [3.63, 3.8) is 0 Å². The lowest BCUT2D eigenvalue weighted by atomic mass is 10.0. The summed E-state index contributed by atoms with van der Waals surface area (Å²) >= 11 is 0.838. The molecule has 0 saturated heterocycles. The third kappa shape index (κ3) is 4.25. The summed E-state index contributed by atoms with van der Waals surface area (Å²) in [6.07, 6.45) is 0.719. The number of benzene rings is 2. The predicted octanol–water partition coefficient (Wildman–Crippen LogP) is 7.09. The molecule has 34 heavy (non-hydrogen) atoms. The van der Waals surface area contributed by atoms with Gasteiger partial charge in [0.2, 0.25) is 5.78 Å². The van der Waals surface area contributed by atoms with Crippen LogP contribution in [-0.4, -0.2) is 15.8 Å². The second-order valence-electron chi connectivity index (χ2n) is 7.98. The topological polar surface area (TPSA) is 57.8 Å². The maximum absolute atomic E-state index is 15.2. The first-order valence-corrected chi connectivity index (χ1v) is 11.1. The van der Waals surface area contributed by atoms with E-state index in [1.165, 1.54) is 18.3 Å². The van der Waals surface area contributed by atoms with Crippen LogP contribution >= 0.6 is 11.9 Å². The Morgan fingerprint density at radius 1 is 1.09 bits per heavy atom. The Kier molecular flexibility index (Phi) is 5.55. The van der Waals surface area contributed by atoms with Gasteiger partial charge in [-0.15, -0.1) is 0 Å². The zero-order chi connectivity index (χ0) is 24.0. The lowest BCUT2D eigenvalue weighted by molar-refractivity contribution is -0.137. The molecule has 0 bridgehead atoms. The summed E-state index contributed by atoms with van der Waals surface area (Å²) in [6, 6.07) is 8.17. The molecule has 4 nitrogen and oxygen atoms in total. The largest absolute Gasteiger partial charge is 0.416 e. The maximum Gasteiger partial charge on any atom is 0.416 e. The Balaban J connectivity index is 1.41.